The van der Waals surface area contributed by atoms with Gasteiger partial charge in [-0.3, -0.25) is 0 Å². The van der Waals surface area contributed by atoms with Crippen molar-refractivity contribution in [2.45, 2.75) is 18.7 Å². The van der Waals surface area contributed by atoms with E-state index in [0.717, 1.165) is 0 Å². The summed E-state index contributed by atoms with van der Waals surface area (Å²) in [6.07, 6.45) is 0. The molecular weight excluding hydrogens is 226 g/mol. The van der Waals surface area contributed by atoms with Crippen LogP contribution in [-0.4, -0.2) is 25.8 Å². The molecule has 1 aromatic rings. The Morgan fingerprint density at radius 3 is 2.75 bits per heavy atom. The zero-order valence-electron chi connectivity index (χ0n) is 9.32. The van der Waals surface area contributed by atoms with E-state index in [9.17, 15) is 13.5 Å². The highest BCUT2D eigenvalue weighted by Crippen LogP contribution is 2.37. The molecule has 0 bridgehead atoms. The molecule has 0 unspecified atom stereocenters. The van der Waals surface area contributed by atoms with Gasteiger partial charge in [-0.15, -0.1) is 0 Å². The van der Waals surface area contributed by atoms with Crippen LogP contribution in [0.25, 0.3) is 0 Å². The van der Waals surface area contributed by atoms with Crippen molar-refractivity contribution in [3.8, 4) is 5.75 Å². The Hall–Kier alpha value is -1.23. The second kappa shape index (κ2) is 3.38. The van der Waals surface area contributed by atoms with Crippen molar-refractivity contribution < 1.29 is 13.5 Å². The predicted molar refractivity (Wildman–Crippen MR) is 62.4 cm³/mol. The normalized spacial score (nSPS) is 21.6. The van der Waals surface area contributed by atoms with Crippen LogP contribution in [0.5, 0.6) is 5.75 Å². The first-order chi connectivity index (χ1) is 7.32. The second-order valence-corrected chi connectivity index (χ2v) is 6.89. The van der Waals surface area contributed by atoms with Crippen molar-refractivity contribution in [1.29, 1.82) is 0 Å². The van der Waals surface area contributed by atoms with Crippen LogP contribution in [0.2, 0.25) is 0 Å². The van der Waals surface area contributed by atoms with Crippen LogP contribution in [0.3, 0.4) is 0 Å². The maximum atomic E-state index is 12.1. The summed E-state index contributed by atoms with van der Waals surface area (Å²) < 4.78 is 24.2. The summed E-state index contributed by atoms with van der Waals surface area (Å²) >= 11 is 0. The topological polar surface area (TPSA) is 66.4 Å². The molecule has 0 radical (unpaired) electrons. The zero-order valence-corrected chi connectivity index (χ0v) is 10.1. The lowest BCUT2D eigenvalue weighted by Gasteiger charge is -2.21. The first-order valence-electron chi connectivity index (χ1n) is 5.10. The van der Waals surface area contributed by atoms with Gasteiger partial charge in [-0.05, 0) is 17.5 Å². The van der Waals surface area contributed by atoms with Gasteiger partial charge in [-0.1, -0.05) is 19.9 Å². The van der Waals surface area contributed by atoms with E-state index >= 15 is 0 Å². The minimum absolute atomic E-state index is 0.0150. The molecule has 2 rings (SSSR count). The quantitative estimate of drug-likeness (QED) is 0.677. The fourth-order valence-corrected chi connectivity index (χ4v) is 3.99. The monoisotopic (exact) mass is 241 g/mol. The van der Waals surface area contributed by atoms with Crippen LogP contribution in [0.1, 0.15) is 13.8 Å². The number of hydrogen-bond acceptors (Lipinski definition) is 4. The molecule has 1 aliphatic rings. The summed E-state index contributed by atoms with van der Waals surface area (Å²) in [5.41, 5.74) is -0.0160. The average molecular weight is 241 g/mol. The summed E-state index contributed by atoms with van der Waals surface area (Å²) in [7, 11) is -3.33. The number of fused-ring (bicyclic) bond motifs is 1. The van der Waals surface area contributed by atoms with Crippen LogP contribution in [-0.2, 0) is 9.84 Å². The fourth-order valence-electron chi connectivity index (χ4n) is 1.93. The number of para-hydroxylation sites is 1. The molecule has 1 aromatic carbocycles. The molecule has 0 atom stereocenters. The SMILES string of the molecule is CC1(C)CNc2c(O)cccc2S(=O)(=O)C1. The number of benzene rings is 1. The van der Waals surface area contributed by atoms with E-state index in [1.165, 1.54) is 12.1 Å². The van der Waals surface area contributed by atoms with Crippen molar-refractivity contribution in [2.24, 2.45) is 5.41 Å². The third kappa shape index (κ3) is 1.87. The number of phenolic OH excluding ortho intramolecular Hbond substituents is 1. The largest absolute Gasteiger partial charge is 0.506 e. The Balaban J connectivity index is 2.64. The van der Waals surface area contributed by atoms with Gasteiger partial charge in [0.15, 0.2) is 9.84 Å². The highest BCUT2D eigenvalue weighted by atomic mass is 32.2. The van der Waals surface area contributed by atoms with Crippen LogP contribution < -0.4 is 5.32 Å². The van der Waals surface area contributed by atoms with Gasteiger partial charge in [-0.25, -0.2) is 8.42 Å². The average Bonchev–Trinajstić information content (AvgIpc) is 2.22. The molecule has 16 heavy (non-hydrogen) atoms. The Morgan fingerprint density at radius 1 is 1.38 bits per heavy atom. The maximum Gasteiger partial charge on any atom is 0.181 e. The number of nitrogens with one attached hydrogen (secondary N) is 1. The molecule has 4 nitrogen and oxygen atoms in total. The first kappa shape index (κ1) is 11.3. The number of rotatable bonds is 0. The molecule has 1 heterocycles. The Morgan fingerprint density at radius 2 is 2.06 bits per heavy atom. The lowest BCUT2D eigenvalue weighted by Crippen LogP contribution is -2.28. The highest BCUT2D eigenvalue weighted by molar-refractivity contribution is 7.91. The van der Waals surface area contributed by atoms with Crippen LogP contribution in [0.15, 0.2) is 23.1 Å². The Bertz CT molecular complexity index is 520. The number of sulfone groups is 1. The lowest BCUT2D eigenvalue weighted by molar-refractivity contribution is 0.440. The molecule has 2 N–H and O–H groups in total. The smallest absolute Gasteiger partial charge is 0.181 e. The van der Waals surface area contributed by atoms with Crippen LogP contribution >= 0.6 is 0 Å². The lowest BCUT2D eigenvalue weighted by atomic mass is 9.96. The van der Waals surface area contributed by atoms with Crippen molar-refractivity contribution in [3.63, 3.8) is 0 Å². The molecule has 88 valence electrons. The summed E-state index contributed by atoms with van der Waals surface area (Å²) in [5.74, 6) is 0.0717. The molecule has 0 saturated carbocycles. The summed E-state index contributed by atoms with van der Waals surface area (Å²) in [6, 6.07) is 4.56. The zero-order chi connectivity index (χ0) is 12.0. The van der Waals surface area contributed by atoms with E-state index in [1.807, 2.05) is 13.8 Å². The molecule has 0 saturated heterocycles. The minimum atomic E-state index is -3.33. The third-order valence-electron chi connectivity index (χ3n) is 2.66. The van der Waals surface area contributed by atoms with Crippen molar-refractivity contribution >= 4 is 15.5 Å². The van der Waals surface area contributed by atoms with Gasteiger partial charge < -0.3 is 10.4 Å². The standard InChI is InChI=1S/C11H15NO3S/c1-11(2)6-12-10-8(13)4-3-5-9(10)16(14,15)7-11/h3-5,12-13H,6-7H2,1-2H3. The summed E-state index contributed by atoms with van der Waals surface area (Å²) in [5, 5.41) is 12.7. The molecular formula is C11H15NO3S. The van der Waals surface area contributed by atoms with E-state index in [2.05, 4.69) is 5.32 Å². The molecule has 0 aromatic heterocycles. The van der Waals surface area contributed by atoms with E-state index in [4.69, 9.17) is 0 Å². The second-order valence-electron chi connectivity index (χ2n) is 4.93. The van der Waals surface area contributed by atoms with Crippen molar-refractivity contribution in [3.05, 3.63) is 18.2 Å². The van der Waals surface area contributed by atoms with Gasteiger partial charge in [0.25, 0.3) is 0 Å². The first-order valence-corrected chi connectivity index (χ1v) is 6.76. The fraction of sp³-hybridized carbons (Fsp3) is 0.455. The predicted octanol–water partition coefficient (Wildman–Crippen LogP) is 1.62. The van der Waals surface area contributed by atoms with Gasteiger partial charge in [0.05, 0.1) is 16.3 Å². The molecule has 0 spiro atoms. The van der Waals surface area contributed by atoms with Gasteiger partial charge in [0.1, 0.15) is 5.75 Å². The number of phenols is 1. The Kier molecular flexibility index (Phi) is 2.38. The molecule has 0 aliphatic carbocycles. The van der Waals surface area contributed by atoms with Gasteiger partial charge in [-0.2, -0.15) is 0 Å². The van der Waals surface area contributed by atoms with E-state index in [1.54, 1.807) is 6.07 Å². The Labute approximate surface area is 95.2 Å². The van der Waals surface area contributed by atoms with Gasteiger partial charge in [0.2, 0.25) is 0 Å². The summed E-state index contributed by atoms with van der Waals surface area (Å²) in [6.45, 7) is 4.30. The molecule has 0 amide bonds. The highest BCUT2D eigenvalue weighted by Gasteiger charge is 2.33. The maximum absolute atomic E-state index is 12.1. The number of anilines is 1. The van der Waals surface area contributed by atoms with Crippen LogP contribution in [0, 0.1) is 5.41 Å². The van der Waals surface area contributed by atoms with Gasteiger partial charge in [0, 0.05) is 6.54 Å². The van der Waals surface area contributed by atoms with E-state index in [-0.39, 0.29) is 21.8 Å². The van der Waals surface area contributed by atoms with E-state index in [0.29, 0.717) is 12.2 Å². The third-order valence-corrected chi connectivity index (χ3v) is 4.84. The molecule has 0 fully saturated rings. The van der Waals surface area contributed by atoms with E-state index < -0.39 is 9.84 Å². The van der Waals surface area contributed by atoms with Crippen molar-refractivity contribution in [1.82, 2.24) is 0 Å². The molecule has 5 heteroatoms. The van der Waals surface area contributed by atoms with Gasteiger partial charge >= 0.3 is 0 Å². The minimum Gasteiger partial charge on any atom is -0.506 e. The van der Waals surface area contributed by atoms with Crippen molar-refractivity contribution in [2.75, 3.05) is 17.6 Å². The van der Waals surface area contributed by atoms with Crippen LogP contribution in [0.4, 0.5) is 5.69 Å². The molecule has 1 aliphatic heterocycles. The summed E-state index contributed by atoms with van der Waals surface area (Å²) in [4.78, 5) is 0.193. The number of hydrogen-bond donors (Lipinski definition) is 2. The number of aromatic hydroxyl groups is 1.